The summed E-state index contributed by atoms with van der Waals surface area (Å²) in [5, 5.41) is 3.84. The van der Waals surface area contributed by atoms with E-state index < -0.39 is 15.7 Å². The summed E-state index contributed by atoms with van der Waals surface area (Å²) in [5.41, 5.74) is 0.171. The molecule has 1 N–H and O–H groups in total. The van der Waals surface area contributed by atoms with Crippen molar-refractivity contribution in [1.82, 2.24) is 14.5 Å². The Hall–Kier alpha value is -1.71. The van der Waals surface area contributed by atoms with E-state index in [0.29, 0.717) is 19.4 Å². The van der Waals surface area contributed by atoms with Crippen molar-refractivity contribution in [3.8, 4) is 0 Å². The number of rotatable bonds is 4. The molecule has 1 atom stereocenters. The van der Waals surface area contributed by atoms with Crippen molar-refractivity contribution in [2.75, 3.05) is 13.1 Å². The van der Waals surface area contributed by atoms with Crippen LogP contribution in [-0.4, -0.2) is 48.3 Å². The maximum atomic E-state index is 13.3. The molecule has 4 rings (SSSR count). The molecule has 0 aliphatic carbocycles. The van der Waals surface area contributed by atoms with E-state index in [4.69, 9.17) is 23.2 Å². The standard InChI is InChI=1S/C21H22Cl2FN3O3S/c1-14-20(28)27(13-15-2-4-16(24)5-3-15)21(25-14)8-10-26(11-9-21)31(29,30)17-6-7-18(22)19(23)12-17/h2-7,12,14,25H,8-11,13H2,1H3. The van der Waals surface area contributed by atoms with E-state index in [1.165, 1.54) is 34.6 Å². The van der Waals surface area contributed by atoms with Crippen LogP contribution in [0.4, 0.5) is 4.39 Å². The van der Waals surface area contributed by atoms with E-state index in [1.54, 1.807) is 24.0 Å². The quantitative estimate of drug-likeness (QED) is 0.717. The van der Waals surface area contributed by atoms with E-state index in [0.717, 1.165) is 5.56 Å². The van der Waals surface area contributed by atoms with Gasteiger partial charge in [-0.2, -0.15) is 4.31 Å². The molecule has 10 heteroatoms. The average Bonchev–Trinajstić information content (AvgIpc) is 2.96. The molecule has 0 aromatic heterocycles. The van der Waals surface area contributed by atoms with Gasteiger partial charge in [-0.3, -0.25) is 10.1 Å². The Bertz CT molecular complexity index is 1100. The molecular weight excluding hydrogens is 464 g/mol. The van der Waals surface area contributed by atoms with Crippen LogP contribution in [0.15, 0.2) is 47.4 Å². The molecule has 1 unspecified atom stereocenters. The van der Waals surface area contributed by atoms with Crippen molar-refractivity contribution in [2.45, 2.75) is 42.9 Å². The largest absolute Gasteiger partial charge is 0.319 e. The van der Waals surface area contributed by atoms with Gasteiger partial charge in [-0.05, 0) is 55.7 Å². The van der Waals surface area contributed by atoms with Crippen LogP contribution in [0.1, 0.15) is 25.3 Å². The highest BCUT2D eigenvalue weighted by Crippen LogP contribution is 2.36. The summed E-state index contributed by atoms with van der Waals surface area (Å²) in [6, 6.07) is 9.92. The number of benzene rings is 2. The number of amides is 1. The number of nitrogens with one attached hydrogen (secondary N) is 1. The Morgan fingerprint density at radius 2 is 1.74 bits per heavy atom. The predicted octanol–water partition coefficient (Wildman–Crippen LogP) is 3.63. The molecule has 1 spiro atoms. The molecule has 0 bridgehead atoms. The summed E-state index contributed by atoms with van der Waals surface area (Å²) in [4.78, 5) is 14.7. The zero-order chi connectivity index (χ0) is 22.4. The number of nitrogens with zero attached hydrogens (tertiary/aromatic N) is 2. The fourth-order valence-corrected chi connectivity index (χ4v) is 6.12. The van der Waals surface area contributed by atoms with Crippen LogP contribution in [0.25, 0.3) is 0 Å². The Balaban J connectivity index is 1.54. The zero-order valence-electron chi connectivity index (χ0n) is 16.8. The van der Waals surface area contributed by atoms with Crippen LogP contribution in [0.3, 0.4) is 0 Å². The lowest BCUT2D eigenvalue weighted by Crippen LogP contribution is -2.59. The Labute approximate surface area is 191 Å². The maximum absolute atomic E-state index is 13.3. The second kappa shape index (κ2) is 8.33. The molecule has 166 valence electrons. The summed E-state index contributed by atoms with van der Waals surface area (Å²) < 4.78 is 40.8. The molecular formula is C21H22Cl2FN3O3S. The smallest absolute Gasteiger partial charge is 0.243 e. The Kier molecular flexibility index (Phi) is 6.04. The lowest BCUT2D eigenvalue weighted by atomic mass is 9.96. The van der Waals surface area contributed by atoms with Gasteiger partial charge >= 0.3 is 0 Å². The van der Waals surface area contributed by atoms with Crippen LogP contribution in [0.2, 0.25) is 10.0 Å². The van der Waals surface area contributed by atoms with Gasteiger partial charge in [0.25, 0.3) is 0 Å². The second-order valence-corrected chi connectivity index (χ2v) is 10.7. The van der Waals surface area contributed by atoms with Gasteiger partial charge in [0.2, 0.25) is 15.9 Å². The number of hydrogen-bond acceptors (Lipinski definition) is 4. The van der Waals surface area contributed by atoms with Crippen molar-refractivity contribution in [3.05, 3.63) is 63.9 Å². The fourth-order valence-electron chi connectivity index (χ4n) is 4.29. The molecule has 2 aliphatic heterocycles. The summed E-state index contributed by atoms with van der Waals surface area (Å²) in [6.07, 6.45) is 0.871. The highest BCUT2D eigenvalue weighted by Gasteiger charge is 2.51. The van der Waals surface area contributed by atoms with Crippen LogP contribution in [0, 0.1) is 5.82 Å². The monoisotopic (exact) mass is 485 g/mol. The molecule has 2 fully saturated rings. The van der Waals surface area contributed by atoms with E-state index >= 15 is 0 Å². The molecule has 31 heavy (non-hydrogen) atoms. The van der Waals surface area contributed by atoms with Crippen molar-refractivity contribution < 1.29 is 17.6 Å². The second-order valence-electron chi connectivity index (χ2n) is 7.93. The Morgan fingerprint density at radius 1 is 1.10 bits per heavy atom. The molecule has 2 aromatic carbocycles. The summed E-state index contributed by atoms with van der Waals surface area (Å²) in [6.45, 7) is 2.62. The summed E-state index contributed by atoms with van der Waals surface area (Å²) >= 11 is 11.9. The lowest BCUT2D eigenvalue weighted by molar-refractivity contribution is -0.133. The summed E-state index contributed by atoms with van der Waals surface area (Å²) in [5.74, 6) is -0.386. The molecule has 6 nitrogen and oxygen atoms in total. The molecule has 2 aromatic rings. The third-order valence-corrected chi connectivity index (χ3v) is 8.60. The number of carbonyl (C=O) groups excluding carboxylic acids is 1. The zero-order valence-corrected chi connectivity index (χ0v) is 19.1. The van der Waals surface area contributed by atoms with Crippen LogP contribution >= 0.6 is 23.2 Å². The predicted molar refractivity (Wildman–Crippen MR) is 117 cm³/mol. The number of halogens is 3. The van der Waals surface area contributed by atoms with E-state index in [1.807, 2.05) is 0 Å². The van der Waals surface area contributed by atoms with Crippen molar-refractivity contribution >= 4 is 39.1 Å². The van der Waals surface area contributed by atoms with E-state index in [2.05, 4.69) is 5.32 Å². The highest BCUT2D eigenvalue weighted by atomic mass is 35.5. The molecule has 0 saturated carbocycles. The van der Waals surface area contributed by atoms with E-state index in [9.17, 15) is 17.6 Å². The van der Waals surface area contributed by atoms with Crippen LogP contribution < -0.4 is 5.32 Å². The van der Waals surface area contributed by atoms with Gasteiger partial charge in [0.05, 0.1) is 26.6 Å². The highest BCUT2D eigenvalue weighted by molar-refractivity contribution is 7.89. The molecule has 2 aliphatic rings. The van der Waals surface area contributed by atoms with Crippen molar-refractivity contribution in [1.29, 1.82) is 0 Å². The first-order valence-corrected chi connectivity index (χ1v) is 12.1. The first kappa shape index (κ1) is 22.5. The topological polar surface area (TPSA) is 69.7 Å². The first-order chi connectivity index (χ1) is 14.6. The summed E-state index contributed by atoms with van der Waals surface area (Å²) in [7, 11) is -3.74. The molecule has 2 saturated heterocycles. The van der Waals surface area contributed by atoms with Gasteiger partial charge in [0.15, 0.2) is 0 Å². The van der Waals surface area contributed by atoms with Gasteiger partial charge in [-0.1, -0.05) is 35.3 Å². The van der Waals surface area contributed by atoms with Gasteiger partial charge in [-0.25, -0.2) is 12.8 Å². The van der Waals surface area contributed by atoms with Crippen molar-refractivity contribution in [2.24, 2.45) is 0 Å². The van der Waals surface area contributed by atoms with Crippen LogP contribution in [-0.2, 0) is 21.4 Å². The Morgan fingerprint density at radius 3 is 2.35 bits per heavy atom. The third kappa shape index (κ3) is 4.19. The average molecular weight is 486 g/mol. The molecule has 0 radical (unpaired) electrons. The minimum atomic E-state index is -3.74. The minimum Gasteiger partial charge on any atom is -0.319 e. The molecule has 2 heterocycles. The van der Waals surface area contributed by atoms with Gasteiger partial charge in [0.1, 0.15) is 5.82 Å². The molecule has 1 amide bonds. The van der Waals surface area contributed by atoms with Crippen LogP contribution in [0.5, 0.6) is 0 Å². The lowest BCUT2D eigenvalue weighted by Gasteiger charge is -2.44. The third-order valence-electron chi connectivity index (χ3n) is 5.97. The number of piperidine rings is 1. The number of hydrogen-bond donors (Lipinski definition) is 1. The minimum absolute atomic E-state index is 0.0508. The van der Waals surface area contributed by atoms with Gasteiger partial charge < -0.3 is 4.90 Å². The van der Waals surface area contributed by atoms with Crippen molar-refractivity contribution in [3.63, 3.8) is 0 Å². The van der Waals surface area contributed by atoms with E-state index in [-0.39, 0.29) is 45.8 Å². The maximum Gasteiger partial charge on any atom is 0.243 e. The number of sulfonamides is 1. The SMILES string of the molecule is CC1NC2(CCN(S(=O)(=O)c3ccc(Cl)c(Cl)c3)CC2)N(Cc2ccc(F)cc2)C1=O. The van der Waals surface area contributed by atoms with Gasteiger partial charge in [0, 0.05) is 19.6 Å². The van der Waals surface area contributed by atoms with Gasteiger partial charge in [-0.15, -0.1) is 0 Å². The fraction of sp³-hybridized carbons (Fsp3) is 0.381. The normalized spacial score (nSPS) is 21.7. The first-order valence-electron chi connectivity index (χ1n) is 9.91. The number of carbonyl (C=O) groups is 1.